The average Bonchev–Trinajstić information content (AvgIpc) is 2.32. The quantitative estimate of drug-likeness (QED) is 0.591. The highest BCUT2D eigenvalue weighted by Crippen LogP contribution is 2.15. The summed E-state index contributed by atoms with van der Waals surface area (Å²) < 4.78 is 0. The zero-order chi connectivity index (χ0) is 11.4. The maximum absolute atomic E-state index is 5.77. The van der Waals surface area contributed by atoms with Gasteiger partial charge in [0.05, 0.1) is 0 Å². The normalized spacial score (nSPS) is 10.8. The van der Waals surface area contributed by atoms with Crippen molar-refractivity contribution in [3.05, 3.63) is 65.2 Å². The molecule has 0 spiro atoms. The molecule has 0 aliphatic carbocycles. The van der Waals surface area contributed by atoms with Crippen LogP contribution in [0.25, 0.3) is 12.2 Å². The molecule has 2 rings (SSSR count). The number of benzene rings is 2. The first-order chi connectivity index (χ1) is 7.75. The average molecular weight is 209 g/mol. The third-order valence-electron chi connectivity index (χ3n) is 2.56. The molecular formula is C15H15N. The molecule has 0 bridgehead atoms. The van der Waals surface area contributed by atoms with Gasteiger partial charge in [-0.15, -0.1) is 0 Å². The van der Waals surface area contributed by atoms with Crippen molar-refractivity contribution in [3.63, 3.8) is 0 Å². The summed E-state index contributed by atoms with van der Waals surface area (Å²) in [6.45, 7) is 2.02. The Labute approximate surface area is 96.2 Å². The number of hydrogen-bond acceptors (Lipinski definition) is 1. The molecule has 80 valence electrons. The Hall–Kier alpha value is -2.02. The molecule has 0 aliphatic rings. The second-order valence-electron chi connectivity index (χ2n) is 3.86. The summed E-state index contributed by atoms with van der Waals surface area (Å²) in [6, 6.07) is 16.3. The molecule has 2 N–H and O–H groups in total. The first kappa shape index (κ1) is 10.5. The van der Waals surface area contributed by atoms with Crippen LogP contribution >= 0.6 is 0 Å². The lowest BCUT2D eigenvalue weighted by Crippen LogP contribution is -1.88. The van der Waals surface area contributed by atoms with Gasteiger partial charge in [-0.2, -0.15) is 0 Å². The highest BCUT2D eigenvalue weighted by atomic mass is 14.5. The molecule has 0 atom stereocenters. The summed E-state index contributed by atoms with van der Waals surface area (Å²) >= 11 is 0. The summed E-state index contributed by atoms with van der Waals surface area (Å²) in [5.74, 6) is 0. The molecule has 0 saturated carbocycles. The molecule has 0 aliphatic heterocycles. The van der Waals surface area contributed by atoms with Crippen LogP contribution in [0, 0.1) is 6.92 Å². The predicted octanol–water partition coefficient (Wildman–Crippen LogP) is 3.75. The Kier molecular flexibility index (Phi) is 3.06. The summed E-state index contributed by atoms with van der Waals surface area (Å²) in [6.07, 6.45) is 4.20. The van der Waals surface area contributed by atoms with Crippen LogP contribution in [0.15, 0.2) is 48.5 Å². The highest BCUT2D eigenvalue weighted by molar-refractivity contribution is 5.70. The van der Waals surface area contributed by atoms with Gasteiger partial charge >= 0.3 is 0 Å². The monoisotopic (exact) mass is 209 g/mol. The van der Waals surface area contributed by atoms with E-state index in [0.29, 0.717) is 0 Å². The van der Waals surface area contributed by atoms with E-state index in [1.165, 1.54) is 11.1 Å². The molecule has 0 saturated heterocycles. The molecule has 0 aromatic heterocycles. The molecule has 0 unspecified atom stereocenters. The van der Waals surface area contributed by atoms with Crippen molar-refractivity contribution in [2.75, 3.05) is 5.73 Å². The first-order valence-electron chi connectivity index (χ1n) is 5.35. The van der Waals surface area contributed by atoms with E-state index >= 15 is 0 Å². The van der Waals surface area contributed by atoms with Crippen LogP contribution in [0.3, 0.4) is 0 Å². The maximum atomic E-state index is 5.77. The zero-order valence-electron chi connectivity index (χ0n) is 9.35. The van der Waals surface area contributed by atoms with Gasteiger partial charge in [-0.3, -0.25) is 0 Å². The van der Waals surface area contributed by atoms with Crippen LogP contribution in [0.1, 0.15) is 16.7 Å². The molecule has 0 radical (unpaired) electrons. The largest absolute Gasteiger partial charge is 0.399 e. The molecule has 0 heterocycles. The van der Waals surface area contributed by atoms with Crippen LogP contribution in [0.2, 0.25) is 0 Å². The molecule has 0 fully saturated rings. The van der Waals surface area contributed by atoms with E-state index in [9.17, 15) is 0 Å². The minimum atomic E-state index is 0.844. The molecule has 1 nitrogen and oxygen atoms in total. The van der Waals surface area contributed by atoms with Gasteiger partial charge in [0.1, 0.15) is 0 Å². The van der Waals surface area contributed by atoms with Gasteiger partial charge in [0.25, 0.3) is 0 Å². The van der Waals surface area contributed by atoms with Crippen LogP contribution in [0.4, 0.5) is 5.69 Å². The zero-order valence-corrected chi connectivity index (χ0v) is 9.35. The van der Waals surface area contributed by atoms with Crippen molar-refractivity contribution >= 4 is 17.8 Å². The van der Waals surface area contributed by atoms with E-state index in [0.717, 1.165) is 11.3 Å². The Morgan fingerprint density at radius 1 is 0.875 bits per heavy atom. The van der Waals surface area contributed by atoms with E-state index in [4.69, 9.17) is 5.73 Å². The van der Waals surface area contributed by atoms with E-state index in [1.54, 1.807) is 0 Å². The van der Waals surface area contributed by atoms with E-state index in [-0.39, 0.29) is 0 Å². The molecule has 16 heavy (non-hydrogen) atoms. The summed E-state index contributed by atoms with van der Waals surface area (Å²) in [7, 11) is 0. The lowest BCUT2D eigenvalue weighted by molar-refractivity contribution is 1.46. The van der Waals surface area contributed by atoms with Crippen molar-refractivity contribution in [2.45, 2.75) is 6.92 Å². The first-order valence-corrected chi connectivity index (χ1v) is 5.35. The molecule has 2 aromatic carbocycles. The molecule has 2 aromatic rings. The minimum absolute atomic E-state index is 0.844. The lowest BCUT2D eigenvalue weighted by atomic mass is 10.1. The number of nitrogens with two attached hydrogens (primary N) is 1. The Morgan fingerprint density at radius 2 is 1.56 bits per heavy atom. The van der Waals surface area contributed by atoms with Gasteiger partial charge in [0.15, 0.2) is 0 Å². The minimum Gasteiger partial charge on any atom is -0.399 e. The third-order valence-corrected chi connectivity index (χ3v) is 2.56. The van der Waals surface area contributed by atoms with Crippen molar-refractivity contribution < 1.29 is 0 Å². The number of nitrogen functional groups attached to an aromatic ring is 1. The number of rotatable bonds is 2. The molecule has 0 amide bonds. The second kappa shape index (κ2) is 4.67. The molecule has 1 heteroatoms. The fraction of sp³-hybridized carbons (Fsp3) is 0.0667. The highest BCUT2D eigenvalue weighted by Gasteiger charge is 1.93. The fourth-order valence-corrected chi connectivity index (χ4v) is 1.56. The van der Waals surface area contributed by atoms with Crippen LogP contribution in [-0.4, -0.2) is 0 Å². The van der Waals surface area contributed by atoms with Gasteiger partial charge in [0, 0.05) is 5.69 Å². The van der Waals surface area contributed by atoms with Gasteiger partial charge in [-0.05, 0) is 35.7 Å². The number of anilines is 1. The van der Waals surface area contributed by atoms with Crippen molar-refractivity contribution in [3.8, 4) is 0 Å². The van der Waals surface area contributed by atoms with Gasteiger partial charge in [-0.25, -0.2) is 0 Å². The standard InChI is InChI=1S/C15H15N/c1-12-11-14(9-10-15(12)16)8-7-13-5-3-2-4-6-13/h2-11H,16H2,1H3/b8-7+. The van der Waals surface area contributed by atoms with Crippen LogP contribution in [-0.2, 0) is 0 Å². The van der Waals surface area contributed by atoms with Crippen LogP contribution in [0.5, 0.6) is 0 Å². The van der Waals surface area contributed by atoms with Gasteiger partial charge in [0.2, 0.25) is 0 Å². The van der Waals surface area contributed by atoms with E-state index < -0.39 is 0 Å². The van der Waals surface area contributed by atoms with Crippen molar-refractivity contribution in [1.29, 1.82) is 0 Å². The number of hydrogen-bond donors (Lipinski definition) is 1. The Morgan fingerprint density at radius 3 is 2.25 bits per heavy atom. The van der Waals surface area contributed by atoms with Gasteiger partial charge < -0.3 is 5.73 Å². The van der Waals surface area contributed by atoms with Crippen molar-refractivity contribution in [1.82, 2.24) is 0 Å². The summed E-state index contributed by atoms with van der Waals surface area (Å²) in [5.41, 5.74) is 10.1. The smallest absolute Gasteiger partial charge is 0.0344 e. The van der Waals surface area contributed by atoms with E-state index in [2.05, 4.69) is 30.4 Å². The predicted molar refractivity (Wildman–Crippen MR) is 71.0 cm³/mol. The summed E-state index contributed by atoms with van der Waals surface area (Å²) in [5, 5.41) is 0. The summed E-state index contributed by atoms with van der Waals surface area (Å²) in [4.78, 5) is 0. The SMILES string of the molecule is Cc1cc(/C=C/c2ccccc2)ccc1N. The fourth-order valence-electron chi connectivity index (χ4n) is 1.56. The van der Waals surface area contributed by atoms with Crippen molar-refractivity contribution in [2.24, 2.45) is 0 Å². The van der Waals surface area contributed by atoms with Crippen LogP contribution < -0.4 is 5.73 Å². The van der Waals surface area contributed by atoms with Gasteiger partial charge in [-0.1, -0.05) is 48.6 Å². The lowest BCUT2D eigenvalue weighted by Gasteiger charge is -2.00. The molecular weight excluding hydrogens is 194 g/mol. The Balaban J connectivity index is 2.21. The topological polar surface area (TPSA) is 26.0 Å². The Bertz CT molecular complexity index is 498. The number of aryl methyl sites for hydroxylation is 1. The van der Waals surface area contributed by atoms with E-state index in [1.807, 2.05) is 37.3 Å². The maximum Gasteiger partial charge on any atom is 0.0344 e. The second-order valence-corrected chi connectivity index (χ2v) is 3.86. The third kappa shape index (κ3) is 2.51.